The minimum atomic E-state index is -0.0531. The van der Waals surface area contributed by atoms with Gasteiger partial charge in [0, 0.05) is 25.9 Å². The fourth-order valence-electron chi connectivity index (χ4n) is 1.78. The van der Waals surface area contributed by atoms with Crippen LogP contribution in [-0.2, 0) is 11.8 Å². The molecule has 1 aromatic rings. The molecule has 18 heavy (non-hydrogen) atoms. The van der Waals surface area contributed by atoms with Crippen LogP contribution in [0.2, 0.25) is 0 Å². The van der Waals surface area contributed by atoms with Crippen LogP contribution >= 0.6 is 0 Å². The summed E-state index contributed by atoms with van der Waals surface area (Å²) in [5, 5.41) is 7.13. The Labute approximate surface area is 109 Å². The molecule has 0 saturated carbocycles. The van der Waals surface area contributed by atoms with Gasteiger partial charge in [0.2, 0.25) is 0 Å². The van der Waals surface area contributed by atoms with Crippen LogP contribution in [0.15, 0.2) is 0 Å². The molecule has 0 fully saturated rings. The predicted octanol–water partition coefficient (Wildman–Crippen LogP) is 1.58. The minimum Gasteiger partial charge on any atom is -0.379 e. The summed E-state index contributed by atoms with van der Waals surface area (Å²) in [6.07, 6.45) is 1.06. The van der Waals surface area contributed by atoms with E-state index in [2.05, 4.69) is 10.4 Å². The Morgan fingerprint density at radius 1 is 1.44 bits per heavy atom. The summed E-state index contributed by atoms with van der Waals surface area (Å²) in [7, 11) is 1.84. The fourth-order valence-corrected chi connectivity index (χ4v) is 1.78. The highest BCUT2D eigenvalue weighted by Crippen LogP contribution is 2.11. The summed E-state index contributed by atoms with van der Waals surface area (Å²) in [4.78, 5) is 12.0. The van der Waals surface area contributed by atoms with Crippen molar-refractivity contribution in [2.45, 2.75) is 40.2 Å². The molecule has 1 heterocycles. The molecule has 0 radical (unpaired) electrons. The molecule has 0 aliphatic heterocycles. The number of hydrogen-bond acceptors (Lipinski definition) is 3. The predicted molar refractivity (Wildman–Crippen MR) is 70.7 cm³/mol. The Hall–Kier alpha value is -1.36. The van der Waals surface area contributed by atoms with Gasteiger partial charge in [-0.1, -0.05) is 0 Å². The van der Waals surface area contributed by atoms with E-state index in [1.807, 2.05) is 34.7 Å². The molecular formula is C13H23N3O2. The second-order valence-corrected chi connectivity index (χ2v) is 4.70. The van der Waals surface area contributed by atoms with Crippen molar-refractivity contribution in [1.82, 2.24) is 15.1 Å². The molecule has 5 heteroatoms. The molecule has 5 nitrogen and oxygen atoms in total. The van der Waals surface area contributed by atoms with Gasteiger partial charge < -0.3 is 10.1 Å². The van der Waals surface area contributed by atoms with Crippen LogP contribution in [0.25, 0.3) is 0 Å². The lowest BCUT2D eigenvalue weighted by Crippen LogP contribution is -2.26. The van der Waals surface area contributed by atoms with E-state index in [0.29, 0.717) is 18.7 Å². The first-order chi connectivity index (χ1) is 8.43. The van der Waals surface area contributed by atoms with Crippen LogP contribution in [0.3, 0.4) is 0 Å². The molecule has 1 N–H and O–H groups in total. The van der Waals surface area contributed by atoms with E-state index < -0.39 is 0 Å². The molecule has 1 rings (SSSR count). The van der Waals surface area contributed by atoms with Crippen molar-refractivity contribution in [3.05, 3.63) is 17.0 Å². The fraction of sp³-hybridized carbons (Fsp3) is 0.692. The Bertz CT molecular complexity index is 411. The van der Waals surface area contributed by atoms with Crippen LogP contribution in [0, 0.1) is 13.8 Å². The van der Waals surface area contributed by atoms with Crippen LogP contribution in [0.5, 0.6) is 0 Å². The molecule has 0 aliphatic carbocycles. The lowest BCUT2D eigenvalue weighted by Gasteiger charge is -2.08. The maximum absolute atomic E-state index is 12.0. The van der Waals surface area contributed by atoms with E-state index in [1.165, 1.54) is 0 Å². The summed E-state index contributed by atoms with van der Waals surface area (Å²) < 4.78 is 7.14. The number of ether oxygens (including phenoxy) is 1. The van der Waals surface area contributed by atoms with Crippen LogP contribution in [0.1, 0.15) is 42.0 Å². The summed E-state index contributed by atoms with van der Waals surface area (Å²) in [5.74, 6) is -0.0531. The third kappa shape index (κ3) is 3.84. The number of hydrogen-bond donors (Lipinski definition) is 1. The van der Waals surface area contributed by atoms with Gasteiger partial charge in [0.1, 0.15) is 0 Å². The van der Waals surface area contributed by atoms with Crippen molar-refractivity contribution in [1.29, 1.82) is 0 Å². The summed E-state index contributed by atoms with van der Waals surface area (Å²) in [6.45, 7) is 9.05. The van der Waals surface area contributed by atoms with Crippen LogP contribution < -0.4 is 5.32 Å². The standard InChI is InChI=1S/C13H23N3O2/c1-9(2)18-8-6-7-14-13(17)12-10(3)15-16(5)11(12)4/h9H,6-8H2,1-5H3,(H,14,17). The monoisotopic (exact) mass is 253 g/mol. The van der Waals surface area contributed by atoms with Gasteiger partial charge in [-0.25, -0.2) is 0 Å². The van der Waals surface area contributed by atoms with Gasteiger partial charge in [0.25, 0.3) is 5.91 Å². The number of aromatic nitrogens is 2. The number of nitrogens with one attached hydrogen (secondary N) is 1. The molecule has 1 amide bonds. The molecular weight excluding hydrogens is 230 g/mol. The first kappa shape index (κ1) is 14.7. The van der Waals surface area contributed by atoms with E-state index in [-0.39, 0.29) is 12.0 Å². The lowest BCUT2D eigenvalue weighted by atomic mass is 10.2. The average molecular weight is 253 g/mol. The normalized spacial score (nSPS) is 11.0. The number of carbonyl (C=O) groups is 1. The zero-order valence-electron chi connectivity index (χ0n) is 11.9. The minimum absolute atomic E-state index is 0.0531. The van der Waals surface area contributed by atoms with Gasteiger partial charge in [0.05, 0.1) is 17.4 Å². The molecule has 0 aromatic carbocycles. The highest BCUT2D eigenvalue weighted by atomic mass is 16.5. The molecule has 0 unspecified atom stereocenters. The zero-order valence-corrected chi connectivity index (χ0v) is 11.9. The zero-order chi connectivity index (χ0) is 13.7. The van der Waals surface area contributed by atoms with Crippen LogP contribution in [0.4, 0.5) is 0 Å². The van der Waals surface area contributed by atoms with Gasteiger partial charge in [-0.2, -0.15) is 5.10 Å². The van der Waals surface area contributed by atoms with Gasteiger partial charge >= 0.3 is 0 Å². The molecule has 1 aromatic heterocycles. The number of rotatable bonds is 6. The molecule has 0 bridgehead atoms. The van der Waals surface area contributed by atoms with Gasteiger partial charge in [0.15, 0.2) is 0 Å². The molecule has 0 spiro atoms. The van der Waals surface area contributed by atoms with Crippen molar-refractivity contribution in [3.8, 4) is 0 Å². The summed E-state index contributed by atoms with van der Waals surface area (Å²) in [6, 6.07) is 0. The topological polar surface area (TPSA) is 56.2 Å². The molecule has 0 aliphatic rings. The summed E-state index contributed by atoms with van der Waals surface area (Å²) in [5.41, 5.74) is 2.34. The van der Waals surface area contributed by atoms with Gasteiger partial charge in [-0.15, -0.1) is 0 Å². The molecule has 102 valence electrons. The summed E-state index contributed by atoms with van der Waals surface area (Å²) >= 11 is 0. The van der Waals surface area contributed by atoms with Gasteiger partial charge in [-0.05, 0) is 34.1 Å². The number of nitrogens with zero attached hydrogens (tertiary/aromatic N) is 2. The Morgan fingerprint density at radius 3 is 2.61 bits per heavy atom. The lowest BCUT2D eigenvalue weighted by molar-refractivity contribution is 0.0757. The number of amides is 1. The first-order valence-electron chi connectivity index (χ1n) is 6.33. The highest BCUT2D eigenvalue weighted by Gasteiger charge is 2.16. The third-order valence-corrected chi connectivity index (χ3v) is 2.79. The maximum Gasteiger partial charge on any atom is 0.255 e. The van der Waals surface area contributed by atoms with Crippen LogP contribution in [-0.4, -0.2) is 34.9 Å². The van der Waals surface area contributed by atoms with E-state index >= 15 is 0 Å². The Kier molecular flexibility index (Phi) is 5.34. The van der Waals surface area contributed by atoms with E-state index in [9.17, 15) is 4.79 Å². The second-order valence-electron chi connectivity index (χ2n) is 4.70. The smallest absolute Gasteiger partial charge is 0.255 e. The Balaban J connectivity index is 2.41. The van der Waals surface area contributed by atoms with Crippen molar-refractivity contribution < 1.29 is 9.53 Å². The highest BCUT2D eigenvalue weighted by molar-refractivity contribution is 5.96. The van der Waals surface area contributed by atoms with Crippen molar-refractivity contribution in [2.75, 3.05) is 13.2 Å². The average Bonchev–Trinajstić information content (AvgIpc) is 2.52. The van der Waals surface area contributed by atoms with E-state index in [1.54, 1.807) is 4.68 Å². The first-order valence-corrected chi connectivity index (χ1v) is 6.33. The number of aryl methyl sites for hydroxylation is 2. The number of carbonyl (C=O) groups excluding carboxylic acids is 1. The van der Waals surface area contributed by atoms with Crippen molar-refractivity contribution in [3.63, 3.8) is 0 Å². The van der Waals surface area contributed by atoms with E-state index in [0.717, 1.165) is 17.8 Å². The maximum atomic E-state index is 12.0. The van der Waals surface area contributed by atoms with E-state index in [4.69, 9.17) is 4.74 Å². The van der Waals surface area contributed by atoms with Crippen molar-refractivity contribution in [2.24, 2.45) is 7.05 Å². The molecule has 0 saturated heterocycles. The van der Waals surface area contributed by atoms with Crippen molar-refractivity contribution >= 4 is 5.91 Å². The SMILES string of the molecule is Cc1nn(C)c(C)c1C(=O)NCCCOC(C)C. The quantitative estimate of drug-likeness (QED) is 0.783. The molecule has 0 atom stereocenters. The Morgan fingerprint density at radius 2 is 2.11 bits per heavy atom. The van der Waals surface area contributed by atoms with Gasteiger partial charge in [-0.3, -0.25) is 9.48 Å². The largest absolute Gasteiger partial charge is 0.379 e. The third-order valence-electron chi connectivity index (χ3n) is 2.79. The second kappa shape index (κ2) is 6.54.